The molecule has 1 fully saturated rings. The Bertz CT molecular complexity index is 952. The van der Waals surface area contributed by atoms with Crippen LogP contribution < -0.4 is 16.0 Å². The zero-order valence-electron chi connectivity index (χ0n) is 17.2. The summed E-state index contributed by atoms with van der Waals surface area (Å²) < 4.78 is 0. The number of anilines is 3. The number of hydrogen-bond donors (Lipinski definition) is 2. The zero-order chi connectivity index (χ0) is 20.8. The summed E-state index contributed by atoms with van der Waals surface area (Å²) in [6.45, 7) is 0.531. The lowest BCUT2D eigenvalue weighted by molar-refractivity contribution is -0.124. The average Bonchev–Trinajstić information content (AvgIpc) is 3.33. The Balaban J connectivity index is 1.70. The van der Waals surface area contributed by atoms with E-state index in [9.17, 15) is 4.79 Å². The van der Waals surface area contributed by atoms with Gasteiger partial charge in [0, 0.05) is 29.5 Å². The Morgan fingerprint density at radius 3 is 2.20 bits per heavy atom. The highest BCUT2D eigenvalue weighted by Crippen LogP contribution is 2.36. The number of hydrogen-bond acceptors (Lipinski definition) is 3. The highest BCUT2D eigenvalue weighted by atomic mass is 16.1. The molecular weight excluding hydrogens is 370 g/mol. The van der Waals surface area contributed by atoms with Crippen LogP contribution in [0.1, 0.15) is 37.3 Å². The summed E-state index contributed by atoms with van der Waals surface area (Å²) in [6, 6.07) is 28.5. The summed E-state index contributed by atoms with van der Waals surface area (Å²) in [5.74, 6) is 0.327. The van der Waals surface area contributed by atoms with E-state index >= 15 is 0 Å². The molecule has 4 nitrogen and oxygen atoms in total. The fourth-order valence-corrected chi connectivity index (χ4v) is 4.34. The van der Waals surface area contributed by atoms with Crippen molar-refractivity contribution in [1.29, 1.82) is 0 Å². The van der Waals surface area contributed by atoms with Crippen molar-refractivity contribution >= 4 is 23.0 Å². The summed E-state index contributed by atoms with van der Waals surface area (Å²) in [5, 5.41) is 3.25. The Morgan fingerprint density at radius 2 is 1.53 bits per heavy atom. The Kier molecular flexibility index (Phi) is 6.33. The number of para-hydroxylation sites is 1. The quantitative estimate of drug-likeness (QED) is 0.519. The zero-order valence-corrected chi connectivity index (χ0v) is 17.2. The molecule has 3 aromatic carbocycles. The van der Waals surface area contributed by atoms with Crippen molar-refractivity contribution in [3.63, 3.8) is 0 Å². The first kappa shape index (κ1) is 20.0. The van der Waals surface area contributed by atoms with Gasteiger partial charge in [0.15, 0.2) is 0 Å². The topological polar surface area (TPSA) is 58.4 Å². The second-order valence-electron chi connectivity index (χ2n) is 7.95. The number of nitrogen functional groups attached to an aromatic ring is 1. The van der Waals surface area contributed by atoms with Crippen molar-refractivity contribution in [3.05, 3.63) is 90.5 Å². The third-order valence-corrected chi connectivity index (χ3v) is 5.87. The van der Waals surface area contributed by atoms with Crippen molar-refractivity contribution in [2.24, 2.45) is 5.92 Å². The standard InChI is InChI=1S/C26H29N3O/c27-22-14-9-17-24(18-22)29(23-15-5-2-6-16-23)25(20-10-3-1-4-11-20)19-28-26(30)21-12-7-8-13-21/h1-6,9-11,14-18,21,25H,7-8,12-13,19,27H2,(H,28,30). The predicted molar refractivity (Wildman–Crippen MR) is 124 cm³/mol. The van der Waals surface area contributed by atoms with Gasteiger partial charge >= 0.3 is 0 Å². The van der Waals surface area contributed by atoms with Gasteiger partial charge in [-0.1, -0.05) is 67.4 Å². The molecule has 1 saturated carbocycles. The second kappa shape index (κ2) is 9.49. The van der Waals surface area contributed by atoms with E-state index in [-0.39, 0.29) is 17.9 Å². The first-order valence-corrected chi connectivity index (χ1v) is 10.7. The number of carbonyl (C=O) groups excluding carboxylic acids is 1. The largest absolute Gasteiger partial charge is 0.399 e. The monoisotopic (exact) mass is 399 g/mol. The van der Waals surface area contributed by atoms with E-state index in [0.717, 1.165) is 48.3 Å². The van der Waals surface area contributed by atoms with Crippen molar-refractivity contribution in [2.75, 3.05) is 17.2 Å². The minimum absolute atomic E-state index is 0.0549. The Labute approximate surface area is 178 Å². The fraction of sp³-hybridized carbons (Fsp3) is 0.269. The maximum absolute atomic E-state index is 12.8. The Hall–Kier alpha value is -3.27. The van der Waals surface area contributed by atoms with Gasteiger partial charge in [-0.2, -0.15) is 0 Å². The lowest BCUT2D eigenvalue weighted by atomic mass is 10.0. The lowest BCUT2D eigenvalue weighted by Gasteiger charge is -2.35. The molecule has 4 rings (SSSR count). The van der Waals surface area contributed by atoms with Crippen molar-refractivity contribution in [1.82, 2.24) is 5.32 Å². The molecule has 0 saturated heterocycles. The number of nitrogens with zero attached hydrogens (tertiary/aromatic N) is 1. The molecule has 4 heteroatoms. The van der Waals surface area contributed by atoms with Crippen molar-refractivity contribution in [3.8, 4) is 0 Å². The van der Waals surface area contributed by atoms with E-state index in [1.54, 1.807) is 0 Å². The highest BCUT2D eigenvalue weighted by molar-refractivity contribution is 5.79. The molecule has 30 heavy (non-hydrogen) atoms. The smallest absolute Gasteiger partial charge is 0.223 e. The number of nitrogens with one attached hydrogen (secondary N) is 1. The summed E-state index contributed by atoms with van der Waals surface area (Å²) in [4.78, 5) is 15.0. The van der Waals surface area contributed by atoms with E-state index in [1.807, 2.05) is 54.6 Å². The molecule has 1 atom stereocenters. The minimum Gasteiger partial charge on any atom is -0.399 e. The molecule has 3 N–H and O–H groups in total. The molecule has 1 amide bonds. The maximum Gasteiger partial charge on any atom is 0.223 e. The van der Waals surface area contributed by atoms with Gasteiger partial charge in [0.25, 0.3) is 0 Å². The molecule has 0 aromatic heterocycles. The van der Waals surface area contributed by atoms with Crippen LogP contribution >= 0.6 is 0 Å². The van der Waals surface area contributed by atoms with Crippen LogP contribution in [0, 0.1) is 5.92 Å². The summed E-state index contributed by atoms with van der Waals surface area (Å²) in [7, 11) is 0. The molecular formula is C26H29N3O. The lowest BCUT2D eigenvalue weighted by Crippen LogP contribution is -2.38. The van der Waals surface area contributed by atoms with Gasteiger partial charge in [-0.05, 0) is 48.7 Å². The van der Waals surface area contributed by atoms with Crippen LogP contribution in [0.15, 0.2) is 84.9 Å². The minimum atomic E-state index is -0.0549. The van der Waals surface area contributed by atoms with Gasteiger partial charge in [0.1, 0.15) is 0 Å². The van der Waals surface area contributed by atoms with Crippen LogP contribution in [0.4, 0.5) is 17.1 Å². The first-order valence-electron chi connectivity index (χ1n) is 10.7. The molecule has 1 aliphatic carbocycles. The van der Waals surface area contributed by atoms with E-state index in [4.69, 9.17) is 5.73 Å². The number of nitrogens with two attached hydrogens (primary N) is 1. The molecule has 1 unspecified atom stereocenters. The van der Waals surface area contributed by atoms with Gasteiger partial charge in [0.05, 0.1) is 6.04 Å². The maximum atomic E-state index is 12.8. The Morgan fingerprint density at radius 1 is 0.900 bits per heavy atom. The van der Waals surface area contributed by atoms with Crippen LogP contribution in [0.3, 0.4) is 0 Å². The summed E-state index contributed by atoms with van der Waals surface area (Å²) in [5.41, 5.74) is 10.1. The molecule has 154 valence electrons. The van der Waals surface area contributed by atoms with Crippen LogP contribution in [0.25, 0.3) is 0 Å². The molecule has 0 radical (unpaired) electrons. The van der Waals surface area contributed by atoms with Gasteiger partial charge in [0.2, 0.25) is 5.91 Å². The van der Waals surface area contributed by atoms with E-state index in [0.29, 0.717) is 6.54 Å². The molecule has 0 aliphatic heterocycles. The third-order valence-electron chi connectivity index (χ3n) is 5.87. The van der Waals surface area contributed by atoms with E-state index in [1.165, 1.54) is 0 Å². The van der Waals surface area contributed by atoms with Gasteiger partial charge in [-0.25, -0.2) is 0 Å². The van der Waals surface area contributed by atoms with E-state index < -0.39 is 0 Å². The predicted octanol–water partition coefficient (Wildman–Crippen LogP) is 5.45. The third kappa shape index (κ3) is 4.65. The van der Waals surface area contributed by atoms with E-state index in [2.05, 4.69) is 40.5 Å². The summed E-state index contributed by atoms with van der Waals surface area (Å²) >= 11 is 0. The van der Waals surface area contributed by atoms with Crippen LogP contribution in [-0.2, 0) is 4.79 Å². The van der Waals surface area contributed by atoms with Crippen molar-refractivity contribution in [2.45, 2.75) is 31.7 Å². The number of benzene rings is 3. The average molecular weight is 400 g/mol. The van der Waals surface area contributed by atoms with Crippen LogP contribution in [0.2, 0.25) is 0 Å². The normalized spacial score (nSPS) is 14.9. The fourth-order valence-electron chi connectivity index (χ4n) is 4.34. The number of carbonyl (C=O) groups is 1. The summed E-state index contributed by atoms with van der Waals surface area (Å²) in [6.07, 6.45) is 4.30. The van der Waals surface area contributed by atoms with Crippen LogP contribution in [0.5, 0.6) is 0 Å². The van der Waals surface area contributed by atoms with Crippen molar-refractivity contribution < 1.29 is 4.79 Å². The second-order valence-corrected chi connectivity index (χ2v) is 7.95. The van der Waals surface area contributed by atoms with Gasteiger partial charge in [-0.15, -0.1) is 0 Å². The molecule has 0 bridgehead atoms. The first-order chi connectivity index (χ1) is 14.7. The highest BCUT2D eigenvalue weighted by Gasteiger charge is 2.27. The molecule has 0 heterocycles. The van der Waals surface area contributed by atoms with Gasteiger partial charge in [-0.3, -0.25) is 4.79 Å². The number of amides is 1. The SMILES string of the molecule is Nc1cccc(N(c2ccccc2)C(CNC(=O)C2CCCC2)c2ccccc2)c1. The van der Waals surface area contributed by atoms with Crippen LogP contribution in [-0.4, -0.2) is 12.5 Å². The molecule has 1 aliphatic rings. The molecule has 3 aromatic rings. The number of rotatable bonds is 7. The molecule has 0 spiro atoms. The van der Waals surface area contributed by atoms with Gasteiger partial charge < -0.3 is 16.0 Å².